The molecule has 0 bridgehead atoms. The van der Waals surface area contributed by atoms with Crippen molar-refractivity contribution >= 4 is 11.6 Å². The van der Waals surface area contributed by atoms with Crippen molar-refractivity contribution in [3.05, 3.63) is 47.0 Å². The van der Waals surface area contributed by atoms with Crippen LogP contribution in [-0.2, 0) is 6.42 Å². The molecule has 0 unspecified atom stereocenters. The van der Waals surface area contributed by atoms with Gasteiger partial charge in [0, 0.05) is 17.6 Å². The summed E-state index contributed by atoms with van der Waals surface area (Å²) < 4.78 is 0. The SMILES string of the molecule is C=C(Cl)CN[13C@H]1[13CH2][13CH2]c2ccccc21. The summed E-state index contributed by atoms with van der Waals surface area (Å²) in [5.41, 5.74) is 2.88. The molecule has 2 heteroatoms. The molecule has 0 heterocycles. The van der Waals surface area contributed by atoms with Crippen LogP contribution in [0.1, 0.15) is 23.6 Å². The van der Waals surface area contributed by atoms with E-state index in [1.165, 1.54) is 24.0 Å². The number of halogens is 1. The van der Waals surface area contributed by atoms with E-state index in [0.717, 1.165) is 0 Å². The zero-order valence-corrected chi connectivity index (χ0v) is 8.85. The summed E-state index contributed by atoms with van der Waals surface area (Å²) in [5, 5.41) is 4.08. The standard InChI is InChI=1S/C12H14ClN/c1-9(13)8-14-12-7-6-10-4-2-3-5-11(10)12/h2-5,12,14H,1,6-8H2/t12-/m0/s1/i6+1,7+1,12+1. The summed E-state index contributed by atoms with van der Waals surface area (Å²) >= 11 is 5.73. The first-order valence-electron chi connectivity index (χ1n) is 4.92. The normalized spacial score (nSPS) is 19.4. The number of aryl methyl sites for hydroxylation is 1. The van der Waals surface area contributed by atoms with Crippen molar-refractivity contribution in [1.82, 2.24) is 5.32 Å². The first-order chi connectivity index (χ1) is 6.77. The van der Waals surface area contributed by atoms with Crippen molar-refractivity contribution in [2.75, 3.05) is 6.54 Å². The highest BCUT2D eigenvalue weighted by Crippen LogP contribution is 2.30. The van der Waals surface area contributed by atoms with Crippen LogP contribution in [-0.4, -0.2) is 6.54 Å². The van der Waals surface area contributed by atoms with Gasteiger partial charge in [-0.25, -0.2) is 0 Å². The van der Waals surface area contributed by atoms with E-state index in [-0.39, 0.29) is 0 Å². The number of rotatable bonds is 3. The second-order valence-electron chi connectivity index (χ2n) is 3.69. The quantitative estimate of drug-likeness (QED) is 0.757. The van der Waals surface area contributed by atoms with Gasteiger partial charge in [0.05, 0.1) is 0 Å². The lowest BCUT2D eigenvalue weighted by Gasteiger charge is -2.12. The van der Waals surface area contributed by atoms with Crippen LogP contribution in [0.5, 0.6) is 0 Å². The third-order valence-electron chi connectivity index (χ3n) is 2.67. The van der Waals surface area contributed by atoms with Gasteiger partial charge in [-0.15, -0.1) is 0 Å². The predicted octanol–water partition coefficient (Wildman–Crippen LogP) is 3.02. The molecule has 0 saturated heterocycles. The van der Waals surface area contributed by atoms with Gasteiger partial charge < -0.3 is 5.32 Å². The zero-order chi connectivity index (χ0) is 9.97. The molecule has 1 aromatic carbocycles. The molecular weight excluding hydrogens is 197 g/mol. The molecule has 2 rings (SSSR count). The van der Waals surface area contributed by atoms with E-state index in [0.29, 0.717) is 17.6 Å². The zero-order valence-electron chi connectivity index (χ0n) is 8.09. The van der Waals surface area contributed by atoms with Crippen LogP contribution in [0.25, 0.3) is 0 Å². The van der Waals surface area contributed by atoms with Crippen LogP contribution in [0.4, 0.5) is 0 Å². The third-order valence-corrected chi connectivity index (χ3v) is 2.81. The summed E-state index contributed by atoms with van der Waals surface area (Å²) in [4.78, 5) is 0. The number of hydrogen-bond acceptors (Lipinski definition) is 1. The average Bonchev–Trinajstić information content (AvgIpc) is 2.58. The second-order valence-corrected chi connectivity index (χ2v) is 4.22. The van der Waals surface area contributed by atoms with Crippen LogP contribution in [0.3, 0.4) is 0 Å². The Hall–Kier alpha value is -0.790. The van der Waals surface area contributed by atoms with Gasteiger partial charge >= 0.3 is 0 Å². The molecule has 14 heavy (non-hydrogen) atoms. The van der Waals surface area contributed by atoms with E-state index in [9.17, 15) is 0 Å². The Balaban J connectivity index is 2.07. The third kappa shape index (κ3) is 1.99. The molecule has 0 aliphatic heterocycles. The summed E-state index contributed by atoms with van der Waals surface area (Å²) in [6, 6.07) is 9.04. The van der Waals surface area contributed by atoms with E-state index in [1.807, 2.05) is 0 Å². The van der Waals surface area contributed by atoms with Crippen LogP contribution in [0.2, 0.25) is 0 Å². The van der Waals surface area contributed by atoms with Crippen molar-refractivity contribution in [2.24, 2.45) is 0 Å². The largest absolute Gasteiger partial charge is 0.305 e. The topological polar surface area (TPSA) is 12.0 Å². The highest BCUT2D eigenvalue weighted by molar-refractivity contribution is 6.29. The van der Waals surface area contributed by atoms with Gasteiger partial charge in [0.15, 0.2) is 0 Å². The molecule has 0 saturated carbocycles. The van der Waals surface area contributed by atoms with Gasteiger partial charge in [-0.1, -0.05) is 42.4 Å². The van der Waals surface area contributed by atoms with Crippen molar-refractivity contribution < 1.29 is 0 Å². The number of fused-ring (bicyclic) bond motifs is 1. The maximum absolute atomic E-state index is 5.73. The number of hydrogen-bond donors (Lipinski definition) is 1. The maximum Gasteiger partial charge on any atom is 0.0329 e. The van der Waals surface area contributed by atoms with Crippen LogP contribution >= 0.6 is 11.6 Å². The Labute approximate surface area is 89.8 Å². The fraction of sp³-hybridized carbons (Fsp3) is 0.333. The molecular formula is C12H14ClN. The highest BCUT2D eigenvalue weighted by atomic mass is 35.5. The monoisotopic (exact) mass is 210 g/mol. The van der Waals surface area contributed by atoms with Crippen LogP contribution < -0.4 is 5.32 Å². The van der Waals surface area contributed by atoms with Crippen LogP contribution in [0.15, 0.2) is 35.9 Å². The summed E-state index contributed by atoms with van der Waals surface area (Å²) in [5.74, 6) is 0. The number of nitrogens with one attached hydrogen (secondary N) is 1. The van der Waals surface area contributed by atoms with Crippen molar-refractivity contribution in [3.8, 4) is 0 Å². The Morgan fingerprint density at radius 1 is 1.50 bits per heavy atom. The predicted molar refractivity (Wildman–Crippen MR) is 60.5 cm³/mol. The molecule has 1 aliphatic carbocycles. The van der Waals surface area contributed by atoms with Gasteiger partial charge in [-0.3, -0.25) is 0 Å². The number of benzene rings is 1. The average molecular weight is 211 g/mol. The van der Waals surface area contributed by atoms with E-state index in [2.05, 4.69) is 36.2 Å². The van der Waals surface area contributed by atoms with E-state index in [1.54, 1.807) is 0 Å². The molecule has 1 atom stereocenters. The molecule has 1 aliphatic rings. The lowest BCUT2D eigenvalue weighted by atomic mass is 10.2. The first kappa shape index (κ1) is 9.75. The van der Waals surface area contributed by atoms with Gasteiger partial charge in [-0.2, -0.15) is 0 Å². The van der Waals surface area contributed by atoms with E-state index in [4.69, 9.17) is 11.6 Å². The lowest BCUT2D eigenvalue weighted by Crippen LogP contribution is -2.20. The summed E-state index contributed by atoms with van der Waals surface area (Å²) in [7, 11) is 0. The second kappa shape index (κ2) is 4.16. The Morgan fingerprint density at radius 3 is 3.07 bits per heavy atom. The minimum Gasteiger partial charge on any atom is -0.305 e. The molecule has 0 aromatic heterocycles. The highest BCUT2D eigenvalue weighted by Gasteiger charge is 2.20. The minimum absolute atomic E-state index is 0.460. The molecule has 1 aromatic rings. The van der Waals surface area contributed by atoms with Gasteiger partial charge in [0.1, 0.15) is 0 Å². The first-order valence-corrected chi connectivity index (χ1v) is 5.29. The van der Waals surface area contributed by atoms with E-state index < -0.39 is 0 Å². The summed E-state index contributed by atoms with van der Waals surface area (Å²) in [6.07, 6.45) is 2.34. The molecule has 1 nitrogen and oxygen atoms in total. The van der Waals surface area contributed by atoms with Crippen molar-refractivity contribution in [2.45, 2.75) is 18.9 Å². The van der Waals surface area contributed by atoms with Crippen molar-refractivity contribution in [3.63, 3.8) is 0 Å². The van der Waals surface area contributed by atoms with Crippen molar-refractivity contribution in [1.29, 1.82) is 0 Å². The van der Waals surface area contributed by atoms with Gasteiger partial charge in [0.25, 0.3) is 0 Å². The fourth-order valence-corrected chi connectivity index (χ4v) is 2.08. The van der Waals surface area contributed by atoms with Gasteiger partial charge in [-0.05, 0) is 24.0 Å². The molecule has 1 N–H and O–H groups in total. The Morgan fingerprint density at radius 2 is 2.29 bits per heavy atom. The lowest BCUT2D eigenvalue weighted by molar-refractivity contribution is 0.562. The summed E-state index contributed by atoms with van der Waals surface area (Å²) in [6.45, 7) is 4.37. The molecule has 0 spiro atoms. The van der Waals surface area contributed by atoms with E-state index >= 15 is 0 Å². The maximum atomic E-state index is 5.73. The Kier molecular flexibility index (Phi) is 2.90. The smallest absolute Gasteiger partial charge is 0.0329 e. The molecule has 0 radical (unpaired) electrons. The molecule has 0 amide bonds. The molecule has 74 valence electrons. The van der Waals surface area contributed by atoms with Gasteiger partial charge in [0.2, 0.25) is 0 Å². The molecule has 0 fully saturated rings. The fourth-order valence-electron chi connectivity index (χ4n) is 2.00. The Bertz CT molecular complexity index is 346. The van der Waals surface area contributed by atoms with Crippen LogP contribution in [0, 0.1) is 0 Å². The minimum atomic E-state index is 0.460.